The molecular formula is C20H25N3O3S. The molecule has 1 aliphatic rings. The predicted molar refractivity (Wildman–Crippen MR) is 104 cm³/mol. The number of carbonyl (C=O) groups excluding carboxylic acids is 2. The minimum Gasteiger partial charge on any atom is -0.452 e. The average Bonchev–Trinajstić information content (AvgIpc) is 3.12. The second-order valence-corrected chi connectivity index (χ2v) is 7.93. The lowest BCUT2D eigenvalue weighted by molar-refractivity contribution is -0.154. The Morgan fingerprint density at radius 2 is 2.19 bits per heavy atom. The van der Waals surface area contributed by atoms with Gasteiger partial charge in [-0.2, -0.15) is 0 Å². The fraction of sp³-hybridized carbons (Fsp3) is 0.500. The van der Waals surface area contributed by atoms with Crippen LogP contribution >= 0.6 is 11.3 Å². The molecule has 1 amide bonds. The highest BCUT2D eigenvalue weighted by Crippen LogP contribution is 2.24. The van der Waals surface area contributed by atoms with E-state index in [1.54, 1.807) is 19.3 Å². The van der Waals surface area contributed by atoms with Crippen molar-refractivity contribution in [1.82, 2.24) is 15.3 Å². The SMILES string of the molecule is C[C@@H]1CCCC[C@@H]1NC(=O)[C@@H](C)OC(=O)Cc1csc(-c2cccnc2)n1. The molecule has 0 bridgehead atoms. The molecule has 1 saturated carbocycles. The molecule has 7 heteroatoms. The summed E-state index contributed by atoms with van der Waals surface area (Å²) >= 11 is 1.46. The standard InChI is InChI=1S/C20H25N3O3S/c1-13-6-3-4-8-17(13)23-19(25)14(2)26-18(24)10-16-12-27-20(22-16)15-7-5-9-21-11-15/h5,7,9,11-14,17H,3-4,6,8,10H2,1-2H3,(H,23,25)/t13-,14-,17+/m1/s1. The van der Waals surface area contributed by atoms with Crippen LogP contribution < -0.4 is 5.32 Å². The van der Waals surface area contributed by atoms with Gasteiger partial charge in [-0.3, -0.25) is 14.6 Å². The second-order valence-electron chi connectivity index (χ2n) is 7.07. The maximum Gasteiger partial charge on any atom is 0.312 e. The zero-order chi connectivity index (χ0) is 19.2. The third-order valence-corrected chi connectivity index (χ3v) is 5.84. The molecule has 6 nitrogen and oxygen atoms in total. The highest BCUT2D eigenvalue weighted by Gasteiger charge is 2.26. The van der Waals surface area contributed by atoms with E-state index in [0.29, 0.717) is 11.6 Å². The highest BCUT2D eigenvalue weighted by atomic mass is 32.1. The van der Waals surface area contributed by atoms with Crippen molar-refractivity contribution in [2.45, 2.75) is 58.1 Å². The predicted octanol–water partition coefficient (Wildman–Crippen LogP) is 3.37. The van der Waals surface area contributed by atoms with Crippen LogP contribution in [0.25, 0.3) is 10.6 Å². The number of rotatable bonds is 6. The van der Waals surface area contributed by atoms with E-state index >= 15 is 0 Å². The summed E-state index contributed by atoms with van der Waals surface area (Å²) in [6.45, 7) is 3.77. The van der Waals surface area contributed by atoms with Gasteiger partial charge in [0, 0.05) is 29.4 Å². The van der Waals surface area contributed by atoms with Crippen molar-refractivity contribution in [3.63, 3.8) is 0 Å². The number of hydrogen-bond acceptors (Lipinski definition) is 6. The van der Waals surface area contributed by atoms with Gasteiger partial charge in [-0.25, -0.2) is 4.98 Å². The Kier molecular flexibility index (Phi) is 6.55. The first kappa shape index (κ1) is 19.5. The molecule has 2 aromatic rings. The Morgan fingerprint density at radius 1 is 1.37 bits per heavy atom. The molecule has 2 heterocycles. The number of pyridine rings is 1. The minimum atomic E-state index is -0.803. The number of esters is 1. The molecule has 0 aliphatic heterocycles. The van der Waals surface area contributed by atoms with Gasteiger partial charge in [0.25, 0.3) is 5.91 Å². The van der Waals surface area contributed by atoms with E-state index in [2.05, 4.69) is 22.2 Å². The monoisotopic (exact) mass is 387 g/mol. The average molecular weight is 388 g/mol. The summed E-state index contributed by atoms with van der Waals surface area (Å²) in [7, 11) is 0. The van der Waals surface area contributed by atoms with E-state index in [-0.39, 0.29) is 18.4 Å². The van der Waals surface area contributed by atoms with Gasteiger partial charge in [0.2, 0.25) is 0 Å². The summed E-state index contributed by atoms with van der Waals surface area (Å²) in [6, 6.07) is 3.94. The fourth-order valence-electron chi connectivity index (χ4n) is 3.28. The van der Waals surface area contributed by atoms with E-state index in [4.69, 9.17) is 4.74 Å². The molecule has 0 unspecified atom stereocenters. The maximum absolute atomic E-state index is 12.3. The molecule has 1 N–H and O–H groups in total. The Labute approximate surface area is 163 Å². The Bertz CT molecular complexity index is 778. The normalized spacial score (nSPS) is 20.7. The quantitative estimate of drug-likeness (QED) is 0.769. The topological polar surface area (TPSA) is 81.2 Å². The molecular weight excluding hydrogens is 362 g/mol. The van der Waals surface area contributed by atoms with Crippen LogP contribution in [0.3, 0.4) is 0 Å². The lowest BCUT2D eigenvalue weighted by Crippen LogP contribution is -2.46. The molecule has 3 atom stereocenters. The number of thiazole rings is 1. The molecule has 3 rings (SSSR count). The number of hydrogen-bond donors (Lipinski definition) is 1. The first-order valence-corrected chi connectivity index (χ1v) is 10.3. The summed E-state index contributed by atoms with van der Waals surface area (Å²) in [5.41, 5.74) is 1.55. The fourth-order valence-corrected chi connectivity index (χ4v) is 4.09. The van der Waals surface area contributed by atoms with Crippen molar-refractivity contribution in [3.05, 3.63) is 35.6 Å². The van der Waals surface area contributed by atoms with Crippen LogP contribution in [-0.4, -0.2) is 34.0 Å². The zero-order valence-electron chi connectivity index (χ0n) is 15.7. The number of nitrogens with one attached hydrogen (secondary N) is 1. The van der Waals surface area contributed by atoms with Gasteiger partial charge in [-0.1, -0.05) is 19.8 Å². The summed E-state index contributed by atoms with van der Waals surface area (Å²) in [6.07, 6.45) is 7.15. The maximum atomic E-state index is 12.3. The molecule has 1 aliphatic carbocycles. The van der Waals surface area contributed by atoms with Gasteiger partial charge >= 0.3 is 5.97 Å². The van der Waals surface area contributed by atoms with Crippen LogP contribution in [0.5, 0.6) is 0 Å². The van der Waals surface area contributed by atoms with Crippen molar-refractivity contribution in [1.29, 1.82) is 0 Å². The van der Waals surface area contributed by atoms with E-state index in [0.717, 1.165) is 29.8 Å². The van der Waals surface area contributed by atoms with Crippen molar-refractivity contribution >= 4 is 23.2 Å². The number of amides is 1. The number of ether oxygens (including phenoxy) is 1. The molecule has 0 spiro atoms. The van der Waals surface area contributed by atoms with Crippen molar-refractivity contribution < 1.29 is 14.3 Å². The Morgan fingerprint density at radius 3 is 2.93 bits per heavy atom. The van der Waals surface area contributed by atoms with E-state index in [1.807, 2.05) is 17.5 Å². The van der Waals surface area contributed by atoms with Crippen LogP contribution in [0, 0.1) is 5.92 Å². The molecule has 0 saturated heterocycles. The molecule has 0 aromatic carbocycles. The van der Waals surface area contributed by atoms with Crippen molar-refractivity contribution in [2.24, 2.45) is 5.92 Å². The summed E-state index contributed by atoms with van der Waals surface area (Å²) in [5.74, 6) is -0.208. The minimum absolute atomic E-state index is 0.0498. The van der Waals surface area contributed by atoms with Gasteiger partial charge in [0.15, 0.2) is 6.10 Å². The lowest BCUT2D eigenvalue weighted by atomic mass is 9.86. The lowest BCUT2D eigenvalue weighted by Gasteiger charge is -2.30. The largest absolute Gasteiger partial charge is 0.452 e. The number of carbonyl (C=O) groups is 2. The molecule has 2 aromatic heterocycles. The summed E-state index contributed by atoms with van der Waals surface area (Å²) < 4.78 is 5.31. The molecule has 144 valence electrons. The highest BCUT2D eigenvalue weighted by molar-refractivity contribution is 7.13. The van der Waals surface area contributed by atoms with Crippen LogP contribution in [0.2, 0.25) is 0 Å². The van der Waals surface area contributed by atoms with Gasteiger partial charge in [0.05, 0.1) is 12.1 Å². The second kappa shape index (κ2) is 9.08. The van der Waals surface area contributed by atoms with Crippen molar-refractivity contribution in [2.75, 3.05) is 0 Å². The summed E-state index contributed by atoms with van der Waals surface area (Å²) in [4.78, 5) is 33.0. The first-order valence-electron chi connectivity index (χ1n) is 9.37. The summed E-state index contributed by atoms with van der Waals surface area (Å²) in [5, 5.41) is 5.67. The van der Waals surface area contributed by atoms with Gasteiger partial charge in [-0.15, -0.1) is 11.3 Å². The molecule has 1 fully saturated rings. The Hall–Kier alpha value is -2.28. The zero-order valence-corrected chi connectivity index (χ0v) is 16.5. The Balaban J connectivity index is 1.50. The van der Waals surface area contributed by atoms with Crippen molar-refractivity contribution in [3.8, 4) is 10.6 Å². The van der Waals surface area contributed by atoms with Crippen LogP contribution in [0.4, 0.5) is 0 Å². The van der Waals surface area contributed by atoms with Gasteiger partial charge < -0.3 is 10.1 Å². The van der Waals surface area contributed by atoms with E-state index < -0.39 is 12.1 Å². The van der Waals surface area contributed by atoms with Gasteiger partial charge in [0.1, 0.15) is 5.01 Å². The molecule has 27 heavy (non-hydrogen) atoms. The van der Waals surface area contributed by atoms with Crippen LogP contribution in [0.1, 0.15) is 45.2 Å². The van der Waals surface area contributed by atoms with Crippen LogP contribution in [-0.2, 0) is 20.7 Å². The number of aromatic nitrogens is 2. The van der Waals surface area contributed by atoms with E-state index in [9.17, 15) is 9.59 Å². The van der Waals surface area contributed by atoms with E-state index in [1.165, 1.54) is 17.8 Å². The van der Waals surface area contributed by atoms with Gasteiger partial charge in [-0.05, 0) is 37.8 Å². The van der Waals surface area contributed by atoms with Crippen LogP contribution in [0.15, 0.2) is 29.9 Å². The first-order chi connectivity index (χ1) is 13.0. The third-order valence-electron chi connectivity index (χ3n) is 4.90. The number of nitrogens with zero attached hydrogens (tertiary/aromatic N) is 2. The third kappa shape index (κ3) is 5.35. The molecule has 0 radical (unpaired) electrons. The smallest absolute Gasteiger partial charge is 0.312 e.